The molecule has 24 heavy (non-hydrogen) atoms. The van der Waals surface area contributed by atoms with Crippen LogP contribution in [0, 0.1) is 11.3 Å². The molecular weight excluding hydrogens is 298 g/mol. The summed E-state index contributed by atoms with van der Waals surface area (Å²) in [6.07, 6.45) is -0.124. The van der Waals surface area contributed by atoms with E-state index >= 15 is 0 Å². The molecule has 0 aliphatic rings. The molecule has 4 aromatic rings. The highest BCUT2D eigenvalue weighted by molar-refractivity contribution is 6.14. The van der Waals surface area contributed by atoms with Gasteiger partial charge in [-0.05, 0) is 18.2 Å². The first-order chi connectivity index (χ1) is 11.7. The summed E-state index contributed by atoms with van der Waals surface area (Å²) < 4.78 is 2.02. The Hall–Kier alpha value is -3.32. The van der Waals surface area contributed by atoms with Crippen LogP contribution in [0.25, 0.3) is 33.2 Å². The van der Waals surface area contributed by atoms with Crippen LogP contribution in [-0.2, 0) is 7.05 Å². The van der Waals surface area contributed by atoms with Crippen molar-refractivity contribution in [2.75, 3.05) is 0 Å². The van der Waals surface area contributed by atoms with Crippen LogP contribution in [0.2, 0.25) is 0 Å². The number of nitrogens with zero attached hydrogens (tertiary/aromatic N) is 2. The van der Waals surface area contributed by atoms with Gasteiger partial charge in [0.15, 0.2) is 5.78 Å². The molecule has 4 nitrogen and oxygen atoms in total. The molecule has 2 aromatic carbocycles. The van der Waals surface area contributed by atoms with Crippen molar-refractivity contribution in [2.24, 2.45) is 7.05 Å². The molecule has 0 atom stereocenters. The van der Waals surface area contributed by atoms with Crippen molar-refractivity contribution < 1.29 is 4.79 Å². The summed E-state index contributed by atoms with van der Waals surface area (Å²) in [6.45, 7) is 0. The van der Waals surface area contributed by atoms with E-state index in [2.05, 4.69) is 4.98 Å². The van der Waals surface area contributed by atoms with E-state index < -0.39 is 0 Å². The van der Waals surface area contributed by atoms with Crippen LogP contribution < -0.4 is 0 Å². The number of aromatic nitrogens is 2. The van der Waals surface area contributed by atoms with Gasteiger partial charge in [-0.25, -0.2) is 0 Å². The van der Waals surface area contributed by atoms with E-state index in [1.165, 1.54) is 0 Å². The van der Waals surface area contributed by atoms with Crippen LogP contribution in [0.15, 0.2) is 54.6 Å². The standard InChI is InChI=1S/C20H15N3O/c1-23-17-9-5-3-7-14(17)19(18(24)10-11-21)20(23)16-12-13-6-2-4-8-15(13)22-16/h2-9,12,22H,10H2,1H3. The van der Waals surface area contributed by atoms with Crippen molar-refractivity contribution in [3.05, 3.63) is 60.2 Å². The van der Waals surface area contributed by atoms with Gasteiger partial charge in [0.05, 0.1) is 29.4 Å². The fraction of sp³-hybridized carbons (Fsp3) is 0.100. The Kier molecular flexibility index (Phi) is 3.21. The Balaban J connectivity index is 2.07. The Morgan fingerprint density at radius 1 is 1.17 bits per heavy atom. The monoisotopic (exact) mass is 313 g/mol. The van der Waals surface area contributed by atoms with Gasteiger partial charge in [0, 0.05) is 28.9 Å². The fourth-order valence-corrected chi connectivity index (χ4v) is 3.35. The van der Waals surface area contributed by atoms with E-state index in [0.717, 1.165) is 33.2 Å². The number of nitriles is 1. The van der Waals surface area contributed by atoms with Gasteiger partial charge in [-0.2, -0.15) is 5.26 Å². The van der Waals surface area contributed by atoms with E-state index in [0.29, 0.717) is 5.56 Å². The number of ketones is 1. The maximum atomic E-state index is 12.6. The molecule has 2 heterocycles. The molecule has 0 bridgehead atoms. The average Bonchev–Trinajstić information content (AvgIpc) is 3.14. The number of nitrogens with one attached hydrogen (secondary N) is 1. The van der Waals surface area contributed by atoms with E-state index in [1.54, 1.807) is 0 Å². The number of para-hydroxylation sites is 2. The van der Waals surface area contributed by atoms with Crippen LogP contribution in [0.1, 0.15) is 16.8 Å². The quantitative estimate of drug-likeness (QED) is 0.569. The number of H-pyrrole nitrogens is 1. The van der Waals surface area contributed by atoms with Gasteiger partial charge in [-0.15, -0.1) is 0 Å². The summed E-state index contributed by atoms with van der Waals surface area (Å²) in [5.41, 5.74) is 4.33. The average molecular weight is 313 g/mol. The summed E-state index contributed by atoms with van der Waals surface area (Å²) in [4.78, 5) is 16.0. The van der Waals surface area contributed by atoms with Crippen molar-refractivity contribution in [1.29, 1.82) is 5.26 Å². The molecule has 4 rings (SSSR count). The number of Topliss-reactive ketones (excluding diaryl/α,β-unsaturated/α-hetero) is 1. The van der Waals surface area contributed by atoms with Crippen LogP contribution in [0.4, 0.5) is 0 Å². The molecule has 0 aliphatic heterocycles. The van der Waals surface area contributed by atoms with Crippen molar-refractivity contribution >= 4 is 27.6 Å². The van der Waals surface area contributed by atoms with Crippen molar-refractivity contribution in [3.63, 3.8) is 0 Å². The molecule has 0 unspecified atom stereocenters. The maximum absolute atomic E-state index is 12.6. The van der Waals surface area contributed by atoms with Crippen molar-refractivity contribution in [1.82, 2.24) is 9.55 Å². The third-order valence-corrected chi connectivity index (χ3v) is 4.41. The molecule has 0 spiro atoms. The molecule has 0 fully saturated rings. The SMILES string of the molecule is Cn1c(-c2cc3ccccc3[nH]2)c(C(=O)CC#N)c2ccccc21. The zero-order valence-electron chi connectivity index (χ0n) is 13.2. The third kappa shape index (κ3) is 2.03. The summed E-state index contributed by atoms with van der Waals surface area (Å²) in [5.74, 6) is -0.150. The van der Waals surface area contributed by atoms with E-state index in [4.69, 9.17) is 5.26 Å². The lowest BCUT2D eigenvalue weighted by Gasteiger charge is -2.04. The highest BCUT2D eigenvalue weighted by Crippen LogP contribution is 2.34. The Morgan fingerprint density at radius 2 is 1.92 bits per heavy atom. The van der Waals surface area contributed by atoms with E-state index in [-0.39, 0.29) is 12.2 Å². The number of carbonyl (C=O) groups is 1. The smallest absolute Gasteiger partial charge is 0.179 e. The predicted molar refractivity (Wildman–Crippen MR) is 94.8 cm³/mol. The number of fused-ring (bicyclic) bond motifs is 2. The number of rotatable bonds is 3. The summed E-state index contributed by atoms with van der Waals surface area (Å²) >= 11 is 0. The van der Waals surface area contributed by atoms with Crippen LogP contribution in [-0.4, -0.2) is 15.3 Å². The first-order valence-electron chi connectivity index (χ1n) is 7.76. The second-order valence-corrected chi connectivity index (χ2v) is 5.83. The predicted octanol–water partition coefficient (Wildman–Crippen LogP) is 4.42. The van der Waals surface area contributed by atoms with Crippen LogP contribution in [0.5, 0.6) is 0 Å². The molecule has 0 radical (unpaired) electrons. The molecule has 116 valence electrons. The first kappa shape index (κ1) is 14.3. The molecule has 2 aromatic heterocycles. The molecule has 0 amide bonds. The van der Waals surface area contributed by atoms with Gasteiger partial charge < -0.3 is 9.55 Å². The van der Waals surface area contributed by atoms with Gasteiger partial charge in [0.2, 0.25) is 0 Å². The lowest BCUT2D eigenvalue weighted by molar-refractivity contribution is 0.0999. The van der Waals surface area contributed by atoms with Gasteiger partial charge in [-0.3, -0.25) is 4.79 Å². The normalized spacial score (nSPS) is 11.0. The summed E-state index contributed by atoms with van der Waals surface area (Å²) in [6, 6.07) is 19.8. The second kappa shape index (κ2) is 5.39. The fourth-order valence-electron chi connectivity index (χ4n) is 3.35. The number of hydrogen-bond acceptors (Lipinski definition) is 2. The minimum atomic E-state index is -0.150. The molecular formula is C20H15N3O. The number of carbonyl (C=O) groups excluding carboxylic acids is 1. The first-order valence-corrected chi connectivity index (χ1v) is 7.76. The highest BCUT2D eigenvalue weighted by atomic mass is 16.1. The number of hydrogen-bond donors (Lipinski definition) is 1. The van der Waals surface area contributed by atoms with Gasteiger partial charge in [-0.1, -0.05) is 36.4 Å². The van der Waals surface area contributed by atoms with Gasteiger partial charge >= 0.3 is 0 Å². The number of aryl methyl sites for hydroxylation is 1. The molecule has 0 saturated carbocycles. The van der Waals surface area contributed by atoms with E-state index in [1.807, 2.05) is 72.3 Å². The molecule has 0 aliphatic carbocycles. The summed E-state index contributed by atoms with van der Waals surface area (Å²) in [7, 11) is 1.95. The Labute approximate surface area is 138 Å². The molecule has 1 N–H and O–H groups in total. The summed E-state index contributed by atoms with van der Waals surface area (Å²) in [5, 5.41) is 10.9. The Morgan fingerprint density at radius 3 is 2.71 bits per heavy atom. The zero-order valence-corrected chi connectivity index (χ0v) is 13.2. The van der Waals surface area contributed by atoms with Crippen molar-refractivity contribution in [3.8, 4) is 17.5 Å². The van der Waals surface area contributed by atoms with Gasteiger partial charge in [0.25, 0.3) is 0 Å². The number of benzene rings is 2. The van der Waals surface area contributed by atoms with Gasteiger partial charge in [0.1, 0.15) is 0 Å². The van der Waals surface area contributed by atoms with Crippen LogP contribution >= 0.6 is 0 Å². The van der Waals surface area contributed by atoms with Crippen molar-refractivity contribution in [2.45, 2.75) is 6.42 Å². The zero-order chi connectivity index (χ0) is 16.7. The molecule has 4 heteroatoms. The largest absolute Gasteiger partial charge is 0.353 e. The highest BCUT2D eigenvalue weighted by Gasteiger charge is 2.22. The maximum Gasteiger partial charge on any atom is 0.179 e. The minimum absolute atomic E-state index is 0.124. The third-order valence-electron chi connectivity index (χ3n) is 4.41. The van der Waals surface area contributed by atoms with E-state index in [9.17, 15) is 4.79 Å². The minimum Gasteiger partial charge on any atom is -0.353 e. The second-order valence-electron chi connectivity index (χ2n) is 5.83. The number of aromatic amines is 1. The molecule has 0 saturated heterocycles. The topological polar surface area (TPSA) is 61.6 Å². The lowest BCUT2D eigenvalue weighted by Crippen LogP contribution is -2.01. The lowest BCUT2D eigenvalue weighted by atomic mass is 10.0. The van der Waals surface area contributed by atoms with Crippen LogP contribution in [0.3, 0.4) is 0 Å². The Bertz CT molecular complexity index is 1090.